The van der Waals surface area contributed by atoms with Crippen molar-refractivity contribution >= 4 is 45.7 Å². The standard InChI is InChI=1S/C46H39N.C16H16N2.C2H6/c1-3-4-5-6-21-38-35-19-9-7-16-32(35)26-28-42(38)46(43-29-27-33-17-8-10-20-37(33)45(43)47)41-25-12-11-22-39(41)40-24-14-23-36(44(40)46)34-18-13-15-31(2)30-34;1-18-16(14-10-6-3-7-11-14)12-15(17)13-8-4-2-5-9-13;1-2/h3-11,13-22,24,26-30,36H,1,12,23,25,47H2,2H3;2-12,15H,1,17H2;1-2H3/b5-4-,21-6-;16-12-;. The number of anilines is 1. The van der Waals surface area contributed by atoms with Crippen molar-refractivity contribution in [3.05, 3.63) is 280 Å². The molecular formula is C64H61N3. The minimum absolute atomic E-state index is 0.174. The first kappa shape index (κ1) is 46.0. The molecule has 0 heterocycles. The van der Waals surface area contributed by atoms with Gasteiger partial charge >= 0.3 is 0 Å². The van der Waals surface area contributed by atoms with E-state index in [2.05, 4.69) is 165 Å². The van der Waals surface area contributed by atoms with E-state index in [4.69, 9.17) is 11.5 Å². The Balaban J connectivity index is 0.000000255. The molecule has 10 rings (SSSR count). The molecule has 0 radical (unpaired) electrons. The van der Waals surface area contributed by atoms with Gasteiger partial charge in [-0.15, -0.1) is 0 Å². The summed E-state index contributed by atoms with van der Waals surface area (Å²) in [5.41, 5.74) is 28.8. The van der Waals surface area contributed by atoms with Crippen molar-refractivity contribution in [2.45, 2.75) is 57.4 Å². The van der Waals surface area contributed by atoms with Crippen LogP contribution in [0.4, 0.5) is 5.69 Å². The smallest absolute Gasteiger partial charge is 0.0673 e. The van der Waals surface area contributed by atoms with E-state index in [-0.39, 0.29) is 12.0 Å². The maximum atomic E-state index is 7.45. The fraction of sp³-hybridized carbons (Fsp3) is 0.141. The highest BCUT2D eigenvalue weighted by Crippen LogP contribution is 2.63. The third-order valence-electron chi connectivity index (χ3n) is 13.2. The van der Waals surface area contributed by atoms with E-state index < -0.39 is 5.41 Å². The molecule has 0 bridgehead atoms. The second-order valence-corrected chi connectivity index (χ2v) is 17.0. The first-order chi connectivity index (χ1) is 32.9. The minimum Gasteiger partial charge on any atom is -0.398 e. The van der Waals surface area contributed by atoms with E-state index in [1.54, 1.807) is 0 Å². The summed E-state index contributed by atoms with van der Waals surface area (Å²) >= 11 is 0. The summed E-state index contributed by atoms with van der Waals surface area (Å²) in [5.74, 6) is 0.198. The highest BCUT2D eigenvalue weighted by Gasteiger charge is 2.53. The highest BCUT2D eigenvalue weighted by atomic mass is 14.7. The number of nitrogen functional groups attached to an aromatic ring is 1. The van der Waals surface area contributed by atoms with Gasteiger partial charge in [0, 0.05) is 17.0 Å². The lowest BCUT2D eigenvalue weighted by atomic mass is 9.58. The van der Waals surface area contributed by atoms with Crippen molar-refractivity contribution in [1.82, 2.24) is 0 Å². The molecule has 4 N–H and O–H groups in total. The van der Waals surface area contributed by atoms with Crippen LogP contribution < -0.4 is 11.5 Å². The Bertz CT molecular complexity index is 3140. The second-order valence-electron chi connectivity index (χ2n) is 17.0. The molecule has 0 aliphatic heterocycles. The third-order valence-corrected chi connectivity index (χ3v) is 13.2. The summed E-state index contributed by atoms with van der Waals surface area (Å²) in [6, 6.07) is 55.5. The zero-order valence-electron chi connectivity index (χ0n) is 39.1. The average Bonchev–Trinajstić information content (AvgIpc) is 3.69. The summed E-state index contributed by atoms with van der Waals surface area (Å²) in [6.07, 6.45) is 24.7. The number of aliphatic imine (C=N–C) groups is 1. The number of fused-ring (bicyclic) bond motifs is 3. The number of aryl methyl sites for hydroxylation is 1. The Kier molecular flexibility index (Phi) is 14.5. The molecule has 0 saturated heterocycles. The van der Waals surface area contributed by atoms with Crippen molar-refractivity contribution in [3.63, 3.8) is 0 Å². The fourth-order valence-corrected chi connectivity index (χ4v) is 10.3. The monoisotopic (exact) mass is 871 g/mol. The molecule has 3 atom stereocenters. The zero-order valence-corrected chi connectivity index (χ0v) is 39.1. The summed E-state index contributed by atoms with van der Waals surface area (Å²) in [7, 11) is 0. The zero-order chi connectivity index (χ0) is 46.8. The Morgan fingerprint density at radius 2 is 1.36 bits per heavy atom. The molecule has 3 heteroatoms. The number of allylic oxidation sites excluding steroid dienone is 12. The molecule has 3 unspecified atom stereocenters. The first-order valence-corrected chi connectivity index (χ1v) is 23.6. The maximum absolute atomic E-state index is 7.45. The SMILES string of the molecule is C=C/C=C\C=C/c1c(C2(c3ccc4ccccc4c3N)C3=C(C=CCC3)C3=C2C(c2cccc(C)c2)CC=C3)ccc2ccccc12.C=N/C(=C\C(N)c1ccccc1)c1ccccc1.CC. The largest absolute Gasteiger partial charge is 0.398 e. The lowest BCUT2D eigenvalue weighted by Crippen LogP contribution is -2.36. The van der Waals surface area contributed by atoms with E-state index in [1.807, 2.05) is 92.7 Å². The normalized spacial score (nSPS) is 18.0. The van der Waals surface area contributed by atoms with Crippen LogP contribution in [0, 0.1) is 6.92 Å². The predicted molar refractivity (Wildman–Crippen MR) is 290 cm³/mol. The van der Waals surface area contributed by atoms with E-state index in [9.17, 15) is 0 Å². The number of nitrogens with zero attached hydrogens (tertiary/aromatic N) is 1. The van der Waals surface area contributed by atoms with Crippen molar-refractivity contribution < 1.29 is 0 Å². The Morgan fingerprint density at radius 1 is 0.701 bits per heavy atom. The summed E-state index contributed by atoms with van der Waals surface area (Å²) < 4.78 is 0. The molecule has 3 nitrogen and oxygen atoms in total. The lowest BCUT2D eigenvalue weighted by Gasteiger charge is -2.43. The van der Waals surface area contributed by atoms with Gasteiger partial charge in [-0.1, -0.05) is 238 Å². The van der Waals surface area contributed by atoms with E-state index >= 15 is 0 Å². The second kappa shape index (κ2) is 21.1. The van der Waals surface area contributed by atoms with Crippen molar-refractivity contribution in [2.75, 3.05) is 5.73 Å². The number of rotatable bonds is 10. The van der Waals surface area contributed by atoms with E-state index in [0.717, 1.165) is 47.2 Å². The van der Waals surface area contributed by atoms with Crippen LogP contribution in [0.25, 0.3) is 33.3 Å². The molecule has 3 aliphatic carbocycles. The van der Waals surface area contributed by atoms with Gasteiger partial charge in [0.05, 0.1) is 17.2 Å². The van der Waals surface area contributed by atoms with Gasteiger partial charge < -0.3 is 11.5 Å². The third kappa shape index (κ3) is 9.04. The van der Waals surface area contributed by atoms with Crippen molar-refractivity contribution in [1.29, 1.82) is 0 Å². The van der Waals surface area contributed by atoms with Crippen LogP contribution in [0.5, 0.6) is 0 Å². The predicted octanol–water partition coefficient (Wildman–Crippen LogP) is 16.1. The summed E-state index contributed by atoms with van der Waals surface area (Å²) in [4.78, 5) is 4.05. The summed E-state index contributed by atoms with van der Waals surface area (Å²) in [5, 5.41) is 4.75. The van der Waals surface area contributed by atoms with Gasteiger partial charge in [0.1, 0.15) is 0 Å². The highest BCUT2D eigenvalue weighted by molar-refractivity contribution is 5.99. The number of nitrogens with two attached hydrogens (primary N) is 2. The average molecular weight is 872 g/mol. The van der Waals surface area contributed by atoms with Gasteiger partial charge in [-0.25, -0.2) is 0 Å². The molecule has 332 valence electrons. The summed E-state index contributed by atoms with van der Waals surface area (Å²) in [6.45, 7) is 13.7. The van der Waals surface area contributed by atoms with Crippen LogP contribution in [0.3, 0.4) is 0 Å². The van der Waals surface area contributed by atoms with E-state index in [1.165, 1.54) is 66.3 Å². The molecule has 0 amide bonds. The van der Waals surface area contributed by atoms with E-state index in [0.29, 0.717) is 0 Å². The molecule has 3 aliphatic rings. The lowest BCUT2D eigenvalue weighted by molar-refractivity contribution is 0.606. The van der Waals surface area contributed by atoms with Crippen LogP contribution >= 0.6 is 0 Å². The molecule has 7 aromatic carbocycles. The van der Waals surface area contributed by atoms with Crippen LogP contribution in [0.2, 0.25) is 0 Å². The molecule has 0 fully saturated rings. The van der Waals surface area contributed by atoms with Gasteiger partial charge in [-0.3, -0.25) is 4.99 Å². The molecule has 0 aromatic heterocycles. The maximum Gasteiger partial charge on any atom is 0.0673 e. The van der Waals surface area contributed by atoms with Crippen molar-refractivity contribution in [3.8, 4) is 0 Å². The van der Waals surface area contributed by atoms with Gasteiger partial charge in [0.25, 0.3) is 0 Å². The topological polar surface area (TPSA) is 64.4 Å². The quantitative estimate of drug-likeness (QED) is 0.0817. The number of hydrogen-bond acceptors (Lipinski definition) is 3. The first-order valence-electron chi connectivity index (χ1n) is 23.6. The Labute approximate surface area is 398 Å². The minimum atomic E-state index is -0.561. The van der Waals surface area contributed by atoms with Gasteiger partial charge in [0.2, 0.25) is 0 Å². The number of benzene rings is 7. The van der Waals surface area contributed by atoms with Crippen LogP contribution in [0.1, 0.15) is 84.0 Å². The van der Waals surface area contributed by atoms with Crippen LogP contribution in [-0.4, -0.2) is 6.72 Å². The van der Waals surface area contributed by atoms with Gasteiger partial charge in [0.15, 0.2) is 0 Å². The van der Waals surface area contributed by atoms with Crippen LogP contribution in [-0.2, 0) is 5.41 Å². The molecule has 0 saturated carbocycles. The van der Waals surface area contributed by atoms with Crippen molar-refractivity contribution in [2.24, 2.45) is 10.7 Å². The van der Waals surface area contributed by atoms with Crippen LogP contribution in [0.15, 0.2) is 246 Å². The van der Waals surface area contributed by atoms with Gasteiger partial charge in [-0.2, -0.15) is 0 Å². The molecule has 0 spiro atoms. The molecule has 67 heavy (non-hydrogen) atoms. The molecular weight excluding hydrogens is 811 g/mol. The Hall–Kier alpha value is -7.59. The molecule has 7 aromatic rings. The Morgan fingerprint density at radius 3 is 2.07 bits per heavy atom. The fourth-order valence-electron chi connectivity index (χ4n) is 10.3. The van der Waals surface area contributed by atoms with Gasteiger partial charge in [-0.05, 0) is 111 Å². The number of hydrogen-bond donors (Lipinski definition) is 2.